The molecule has 0 unspecified atom stereocenters. The van der Waals surface area contributed by atoms with Gasteiger partial charge in [-0.3, -0.25) is 0 Å². The van der Waals surface area contributed by atoms with Crippen molar-refractivity contribution in [3.63, 3.8) is 0 Å². The molecule has 0 nitrogen and oxygen atoms in total. The van der Waals surface area contributed by atoms with E-state index in [9.17, 15) is 0 Å². The van der Waals surface area contributed by atoms with Gasteiger partial charge in [0.15, 0.2) is 0 Å². The summed E-state index contributed by atoms with van der Waals surface area (Å²) in [4.78, 5) is 0. The first-order valence-corrected chi connectivity index (χ1v) is 5.35. The average molecular weight is 195 g/mol. The molecule has 46 valence electrons. The molecule has 0 aromatic heterocycles. The Morgan fingerprint density at radius 2 is 2.50 bits per heavy atom. The second kappa shape index (κ2) is 3.19. The molecule has 0 aromatic rings. The van der Waals surface area contributed by atoms with Gasteiger partial charge in [0.1, 0.15) is 0 Å². The summed E-state index contributed by atoms with van der Waals surface area (Å²) < 4.78 is 1.68. The fourth-order valence-corrected chi connectivity index (χ4v) is 1.86. The number of hydrogen-bond acceptors (Lipinski definition) is 0. The SMILES string of the molecule is [CH3][Ru][C]1=CC=CCC1. The Bertz CT molecular complexity index is 122. The van der Waals surface area contributed by atoms with Crippen LogP contribution in [0, 0.1) is 0 Å². The van der Waals surface area contributed by atoms with Gasteiger partial charge >= 0.3 is 57.9 Å². The van der Waals surface area contributed by atoms with Crippen LogP contribution in [0.1, 0.15) is 12.8 Å². The topological polar surface area (TPSA) is 0 Å². The predicted molar refractivity (Wildman–Crippen MR) is 32.3 cm³/mol. The van der Waals surface area contributed by atoms with Gasteiger partial charge in [-0.05, 0) is 0 Å². The van der Waals surface area contributed by atoms with Crippen molar-refractivity contribution < 1.29 is 17.1 Å². The summed E-state index contributed by atoms with van der Waals surface area (Å²) in [6.45, 7) is 0. The van der Waals surface area contributed by atoms with Crippen LogP contribution in [0.25, 0.3) is 0 Å². The Hall–Kier alpha value is 0.103. The van der Waals surface area contributed by atoms with Gasteiger partial charge in [-0.15, -0.1) is 0 Å². The van der Waals surface area contributed by atoms with Crippen LogP contribution in [0.5, 0.6) is 0 Å². The third-order valence-electron chi connectivity index (χ3n) is 1.18. The molecule has 0 saturated carbocycles. The summed E-state index contributed by atoms with van der Waals surface area (Å²) in [5, 5.41) is 0. The van der Waals surface area contributed by atoms with Crippen molar-refractivity contribution in [3.8, 4) is 0 Å². The quantitative estimate of drug-likeness (QED) is 0.563. The van der Waals surface area contributed by atoms with E-state index in [0.29, 0.717) is 17.1 Å². The van der Waals surface area contributed by atoms with Crippen molar-refractivity contribution in [3.05, 3.63) is 22.4 Å². The van der Waals surface area contributed by atoms with Crippen molar-refractivity contribution in [2.75, 3.05) is 0 Å². The first-order chi connectivity index (χ1) is 3.93. The van der Waals surface area contributed by atoms with Crippen molar-refractivity contribution in [2.24, 2.45) is 0 Å². The van der Waals surface area contributed by atoms with Gasteiger partial charge in [-0.1, -0.05) is 0 Å². The Morgan fingerprint density at radius 1 is 1.62 bits per heavy atom. The first kappa shape index (κ1) is 6.23. The maximum atomic E-state index is 2.30. The Balaban J connectivity index is 2.50. The predicted octanol–water partition coefficient (Wildman–Crippen LogP) is 2.35. The van der Waals surface area contributed by atoms with Crippen LogP contribution in [0.2, 0.25) is 5.52 Å². The molecule has 0 radical (unpaired) electrons. The number of rotatable bonds is 1. The van der Waals surface area contributed by atoms with Gasteiger partial charge in [0.05, 0.1) is 0 Å². The molecule has 0 fully saturated rings. The normalized spacial score (nSPS) is 18.9. The second-order valence-corrected chi connectivity index (χ2v) is 3.73. The zero-order chi connectivity index (χ0) is 5.82. The summed E-state index contributed by atoms with van der Waals surface area (Å²) in [5.74, 6) is 0. The number of allylic oxidation sites excluding steroid dienone is 4. The summed E-state index contributed by atoms with van der Waals surface area (Å²) in [6.07, 6.45) is 9.28. The molecule has 0 atom stereocenters. The van der Waals surface area contributed by atoms with Crippen LogP contribution in [0.4, 0.5) is 0 Å². The summed E-state index contributed by atoms with van der Waals surface area (Å²) in [5.41, 5.74) is 2.30. The molecule has 0 N–H and O–H groups in total. The molecule has 1 aliphatic rings. The van der Waals surface area contributed by atoms with Crippen LogP contribution in [0.3, 0.4) is 0 Å². The summed E-state index contributed by atoms with van der Waals surface area (Å²) in [6, 6.07) is 0. The van der Waals surface area contributed by atoms with Crippen molar-refractivity contribution in [1.82, 2.24) is 0 Å². The summed E-state index contributed by atoms with van der Waals surface area (Å²) in [7, 11) is 0. The molecule has 0 bridgehead atoms. The van der Waals surface area contributed by atoms with E-state index in [4.69, 9.17) is 0 Å². The van der Waals surface area contributed by atoms with Gasteiger partial charge in [0.2, 0.25) is 0 Å². The number of hydrogen-bond donors (Lipinski definition) is 0. The Morgan fingerprint density at radius 3 is 2.88 bits per heavy atom. The Labute approximate surface area is 58.3 Å². The zero-order valence-corrected chi connectivity index (χ0v) is 6.74. The van der Waals surface area contributed by atoms with Crippen LogP contribution in [-0.2, 0) is 17.1 Å². The molecule has 0 saturated heterocycles. The molecule has 0 spiro atoms. The molecule has 1 aliphatic carbocycles. The van der Waals surface area contributed by atoms with Crippen molar-refractivity contribution >= 4 is 0 Å². The van der Waals surface area contributed by atoms with E-state index in [1.165, 1.54) is 12.8 Å². The second-order valence-electron chi connectivity index (χ2n) is 1.74. The van der Waals surface area contributed by atoms with Crippen LogP contribution in [0.15, 0.2) is 22.4 Å². The van der Waals surface area contributed by atoms with E-state index in [1.54, 1.807) is 4.17 Å². The maximum absolute atomic E-state index is 2.30. The van der Waals surface area contributed by atoms with Gasteiger partial charge < -0.3 is 0 Å². The fourth-order valence-electron chi connectivity index (χ4n) is 0.715. The third-order valence-corrected chi connectivity index (χ3v) is 3.02. The monoisotopic (exact) mass is 196 g/mol. The molecule has 8 heavy (non-hydrogen) atoms. The van der Waals surface area contributed by atoms with E-state index >= 15 is 0 Å². The van der Waals surface area contributed by atoms with Crippen LogP contribution >= 0.6 is 0 Å². The molecule has 0 aliphatic heterocycles. The van der Waals surface area contributed by atoms with E-state index < -0.39 is 0 Å². The van der Waals surface area contributed by atoms with Gasteiger partial charge in [-0.25, -0.2) is 0 Å². The van der Waals surface area contributed by atoms with E-state index in [2.05, 4.69) is 23.7 Å². The fraction of sp³-hybridized carbons (Fsp3) is 0.429. The summed E-state index contributed by atoms with van der Waals surface area (Å²) >= 11 is 0.547. The van der Waals surface area contributed by atoms with E-state index in [0.717, 1.165) is 0 Å². The minimum atomic E-state index is 0.547. The van der Waals surface area contributed by atoms with Crippen LogP contribution in [-0.4, -0.2) is 0 Å². The minimum absolute atomic E-state index is 0.547. The molecule has 1 heteroatoms. The zero-order valence-electron chi connectivity index (χ0n) is 5.00. The molecule has 1 rings (SSSR count). The standard InChI is InChI=1S/C6H7.CH3.Ru/c1-2-4-6-5-3-1;;/h1-3H,4,6H2;1H3;. The van der Waals surface area contributed by atoms with Crippen molar-refractivity contribution in [1.29, 1.82) is 0 Å². The third kappa shape index (κ3) is 1.56. The Kier molecular flexibility index (Phi) is 2.49. The van der Waals surface area contributed by atoms with Gasteiger partial charge in [0, 0.05) is 0 Å². The van der Waals surface area contributed by atoms with E-state index in [1.807, 2.05) is 0 Å². The molecule has 0 heterocycles. The van der Waals surface area contributed by atoms with Crippen molar-refractivity contribution in [2.45, 2.75) is 18.4 Å². The molecular formula is C7H10Ru. The molecular weight excluding hydrogens is 185 g/mol. The van der Waals surface area contributed by atoms with Gasteiger partial charge in [-0.2, -0.15) is 0 Å². The first-order valence-electron chi connectivity index (χ1n) is 2.75. The van der Waals surface area contributed by atoms with Crippen LogP contribution < -0.4 is 0 Å². The van der Waals surface area contributed by atoms with Gasteiger partial charge in [0.25, 0.3) is 0 Å². The van der Waals surface area contributed by atoms with E-state index in [-0.39, 0.29) is 0 Å². The molecule has 0 amide bonds. The average Bonchev–Trinajstić information content (AvgIpc) is 1.90. The molecule has 0 aromatic carbocycles.